The molecule has 17 heavy (non-hydrogen) atoms. The molecule has 0 saturated carbocycles. The molecule has 0 aliphatic heterocycles. The van der Waals surface area contributed by atoms with E-state index in [0.717, 1.165) is 17.0 Å². The molecule has 2 aromatic rings. The summed E-state index contributed by atoms with van der Waals surface area (Å²) >= 11 is 6.02. The molecule has 1 aromatic heterocycles. The van der Waals surface area contributed by atoms with Gasteiger partial charge in [-0.05, 0) is 23.8 Å². The molecular formula is C13H13ClN2O. The van der Waals surface area contributed by atoms with Crippen LogP contribution in [-0.2, 0) is 6.54 Å². The molecule has 0 radical (unpaired) electrons. The van der Waals surface area contributed by atoms with Crippen molar-refractivity contribution in [2.24, 2.45) is 0 Å². The van der Waals surface area contributed by atoms with E-state index in [0.29, 0.717) is 11.6 Å². The van der Waals surface area contributed by atoms with Crippen LogP contribution in [0.3, 0.4) is 0 Å². The first-order chi connectivity index (χ1) is 8.29. The lowest BCUT2D eigenvalue weighted by molar-refractivity contribution is 0.415. The monoisotopic (exact) mass is 248 g/mol. The van der Waals surface area contributed by atoms with Gasteiger partial charge in [0.2, 0.25) is 0 Å². The van der Waals surface area contributed by atoms with Crippen LogP contribution in [0.2, 0.25) is 5.02 Å². The molecule has 3 nitrogen and oxygen atoms in total. The maximum absolute atomic E-state index is 6.02. The van der Waals surface area contributed by atoms with Crippen molar-refractivity contribution >= 4 is 17.3 Å². The molecule has 1 aromatic carbocycles. The smallest absolute Gasteiger partial charge is 0.120 e. The predicted molar refractivity (Wildman–Crippen MR) is 69.6 cm³/mol. The highest BCUT2D eigenvalue weighted by Crippen LogP contribution is 2.19. The van der Waals surface area contributed by atoms with Crippen LogP contribution >= 0.6 is 11.6 Å². The van der Waals surface area contributed by atoms with Crippen molar-refractivity contribution in [1.29, 1.82) is 0 Å². The predicted octanol–water partition coefficient (Wildman–Crippen LogP) is 3.36. The van der Waals surface area contributed by atoms with Crippen molar-refractivity contribution in [2.75, 3.05) is 12.4 Å². The highest BCUT2D eigenvalue weighted by atomic mass is 35.5. The Morgan fingerprint density at radius 1 is 1.35 bits per heavy atom. The lowest BCUT2D eigenvalue weighted by atomic mass is 10.2. The van der Waals surface area contributed by atoms with Crippen molar-refractivity contribution < 1.29 is 4.74 Å². The molecule has 0 bridgehead atoms. The number of rotatable bonds is 4. The number of ether oxygens (including phenoxy) is 1. The van der Waals surface area contributed by atoms with Gasteiger partial charge in [0.1, 0.15) is 5.75 Å². The Hall–Kier alpha value is -1.74. The minimum absolute atomic E-state index is 0.661. The fourth-order valence-electron chi connectivity index (χ4n) is 1.48. The fourth-order valence-corrected chi connectivity index (χ4v) is 1.66. The Morgan fingerprint density at radius 3 is 3.00 bits per heavy atom. The van der Waals surface area contributed by atoms with Gasteiger partial charge >= 0.3 is 0 Å². The Morgan fingerprint density at radius 2 is 2.24 bits per heavy atom. The summed E-state index contributed by atoms with van der Waals surface area (Å²) in [6, 6.07) is 9.67. The van der Waals surface area contributed by atoms with Crippen LogP contribution in [0.25, 0.3) is 0 Å². The maximum Gasteiger partial charge on any atom is 0.120 e. The van der Waals surface area contributed by atoms with E-state index in [-0.39, 0.29) is 0 Å². The van der Waals surface area contributed by atoms with Gasteiger partial charge in [0.15, 0.2) is 0 Å². The Balaban J connectivity index is 2.05. The molecule has 0 amide bonds. The van der Waals surface area contributed by atoms with E-state index in [9.17, 15) is 0 Å². The minimum Gasteiger partial charge on any atom is -0.497 e. The summed E-state index contributed by atoms with van der Waals surface area (Å²) in [5, 5.41) is 3.95. The third-order valence-corrected chi connectivity index (χ3v) is 2.75. The van der Waals surface area contributed by atoms with Crippen LogP contribution in [0.5, 0.6) is 5.75 Å². The van der Waals surface area contributed by atoms with Crippen LogP contribution in [0.15, 0.2) is 42.7 Å². The Kier molecular flexibility index (Phi) is 3.83. The third kappa shape index (κ3) is 3.11. The zero-order valence-electron chi connectivity index (χ0n) is 9.48. The first kappa shape index (κ1) is 11.7. The standard InChI is InChI=1S/C13H13ClN2O/c1-17-12-4-2-3-11(7-12)16-8-10-5-6-15-9-13(10)14/h2-7,9,16H,8H2,1H3. The molecule has 0 spiro atoms. The number of nitrogens with one attached hydrogen (secondary N) is 1. The van der Waals surface area contributed by atoms with E-state index >= 15 is 0 Å². The summed E-state index contributed by atoms with van der Waals surface area (Å²) < 4.78 is 5.15. The van der Waals surface area contributed by atoms with E-state index in [4.69, 9.17) is 16.3 Å². The SMILES string of the molecule is COc1cccc(NCc2ccncc2Cl)c1. The number of nitrogens with zero attached hydrogens (tertiary/aromatic N) is 1. The van der Waals surface area contributed by atoms with Crippen LogP contribution in [0.4, 0.5) is 5.69 Å². The van der Waals surface area contributed by atoms with E-state index < -0.39 is 0 Å². The van der Waals surface area contributed by atoms with Gasteiger partial charge < -0.3 is 10.1 Å². The zero-order chi connectivity index (χ0) is 12.1. The highest BCUT2D eigenvalue weighted by molar-refractivity contribution is 6.31. The number of aromatic nitrogens is 1. The van der Waals surface area contributed by atoms with E-state index in [2.05, 4.69) is 10.3 Å². The number of pyridine rings is 1. The van der Waals surface area contributed by atoms with Crippen LogP contribution in [-0.4, -0.2) is 12.1 Å². The van der Waals surface area contributed by atoms with Gasteiger partial charge in [-0.15, -0.1) is 0 Å². The molecule has 1 heterocycles. The first-order valence-electron chi connectivity index (χ1n) is 5.26. The Labute approximate surface area is 105 Å². The van der Waals surface area contributed by atoms with Gasteiger partial charge in [-0.1, -0.05) is 17.7 Å². The van der Waals surface area contributed by atoms with E-state index in [1.807, 2.05) is 30.3 Å². The molecule has 0 aliphatic carbocycles. The zero-order valence-corrected chi connectivity index (χ0v) is 10.2. The summed E-state index contributed by atoms with van der Waals surface area (Å²) in [7, 11) is 1.65. The number of benzene rings is 1. The van der Waals surface area contributed by atoms with Crippen molar-refractivity contribution in [1.82, 2.24) is 4.98 Å². The summed E-state index contributed by atoms with van der Waals surface area (Å²) in [5.41, 5.74) is 2.02. The third-order valence-electron chi connectivity index (χ3n) is 2.41. The second-order valence-electron chi connectivity index (χ2n) is 3.55. The molecule has 0 saturated heterocycles. The molecule has 88 valence electrons. The van der Waals surface area contributed by atoms with Crippen LogP contribution in [0.1, 0.15) is 5.56 Å². The summed E-state index contributed by atoms with van der Waals surface area (Å²) in [5.74, 6) is 0.829. The second-order valence-corrected chi connectivity index (χ2v) is 3.96. The molecule has 0 unspecified atom stereocenters. The average Bonchev–Trinajstić information content (AvgIpc) is 2.38. The molecule has 0 fully saturated rings. The summed E-state index contributed by atoms with van der Waals surface area (Å²) in [4.78, 5) is 3.95. The lowest BCUT2D eigenvalue weighted by Crippen LogP contribution is -2.00. The van der Waals surface area contributed by atoms with Crippen molar-refractivity contribution in [2.45, 2.75) is 6.54 Å². The van der Waals surface area contributed by atoms with Gasteiger partial charge in [-0.3, -0.25) is 4.98 Å². The summed E-state index contributed by atoms with van der Waals surface area (Å²) in [6.07, 6.45) is 3.37. The molecule has 1 N–H and O–H groups in total. The highest BCUT2D eigenvalue weighted by Gasteiger charge is 2.00. The van der Waals surface area contributed by atoms with Crippen LogP contribution in [0, 0.1) is 0 Å². The first-order valence-corrected chi connectivity index (χ1v) is 5.63. The van der Waals surface area contributed by atoms with Crippen molar-refractivity contribution in [3.05, 3.63) is 53.3 Å². The topological polar surface area (TPSA) is 34.1 Å². The normalized spacial score (nSPS) is 10.0. The summed E-state index contributed by atoms with van der Waals surface area (Å²) in [6.45, 7) is 0.661. The Bertz CT molecular complexity index is 502. The molecule has 2 rings (SSSR count). The van der Waals surface area contributed by atoms with Crippen molar-refractivity contribution in [3.8, 4) is 5.75 Å². The van der Waals surface area contributed by atoms with Gasteiger partial charge in [0, 0.05) is 30.7 Å². The van der Waals surface area contributed by atoms with Crippen LogP contribution < -0.4 is 10.1 Å². The van der Waals surface area contributed by atoms with E-state index in [1.54, 1.807) is 19.5 Å². The second kappa shape index (κ2) is 5.55. The van der Waals surface area contributed by atoms with Gasteiger partial charge in [-0.2, -0.15) is 0 Å². The number of hydrogen-bond acceptors (Lipinski definition) is 3. The molecule has 0 aliphatic rings. The number of anilines is 1. The van der Waals surface area contributed by atoms with Crippen molar-refractivity contribution in [3.63, 3.8) is 0 Å². The number of hydrogen-bond donors (Lipinski definition) is 1. The number of halogens is 1. The van der Waals surface area contributed by atoms with Gasteiger partial charge in [0.05, 0.1) is 12.1 Å². The van der Waals surface area contributed by atoms with E-state index in [1.165, 1.54) is 0 Å². The fraction of sp³-hybridized carbons (Fsp3) is 0.154. The molecular weight excluding hydrogens is 236 g/mol. The minimum atomic E-state index is 0.661. The lowest BCUT2D eigenvalue weighted by Gasteiger charge is -2.08. The molecule has 0 atom stereocenters. The largest absolute Gasteiger partial charge is 0.497 e. The average molecular weight is 249 g/mol. The quantitative estimate of drug-likeness (QED) is 0.901. The maximum atomic E-state index is 6.02. The van der Waals surface area contributed by atoms with Gasteiger partial charge in [0.25, 0.3) is 0 Å². The number of methoxy groups -OCH3 is 1. The van der Waals surface area contributed by atoms with Gasteiger partial charge in [-0.25, -0.2) is 0 Å². The molecule has 4 heteroatoms.